The summed E-state index contributed by atoms with van der Waals surface area (Å²) in [4.78, 5) is 10.1. The van der Waals surface area contributed by atoms with E-state index in [4.69, 9.17) is 4.99 Å². The predicted molar refractivity (Wildman–Crippen MR) is 113 cm³/mol. The summed E-state index contributed by atoms with van der Waals surface area (Å²) in [6, 6.07) is 19.4. The van der Waals surface area contributed by atoms with Crippen molar-refractivity contribution in [3.63, 3.8) is 0 Å². The van der Waals surface area contributed by atoms with Crippen LogP contribution in [0.25, 0.3) is 0 Å². The van der Waals surface area contributed by atoms with E-state index in [0.717, 1.165) is 32.0 Å². The molecule has 0 saturated heterocycles. The molecule has 0 saturated carbocycles. The Bertz CT molecular complexity index is 740. The first kappa shape index (κ1) is 20.5. The topological polar surface area (TPSA) is 18.8 Å². The minimum atomic E-state index is -0.356. The SMILES string of the molecule is CCN(CC)CC1=NC(C)(c2ccccc2)c2ccccc2CN1C.Cl. The molecule has 3 rings (SSSR count). The van der Waals surface area contributed by atoms with Gasteiger partial charge in [0.2, 0.25) is 0 Å². The average molecular weight is 372 g/mol. The lowest BCUT2D eigenvalue weighted by atomic mass is 9.83. The van der Waals surface area contributed by atoms with E-state index < -0.39 is 0 Å². The Balaban J connectivity index is 0.00000243. The number of amidine groups is 1. The molecular weight excluding hydrogens is 342 g/mol. The summed E-state index contributed by atoms with van der Waals surface area (Å²) in [7, 11) is 2.16. The summed E-state index contributed by atoms with van der Waals surface area (Å²) < 4.78 is 0. The van der Waals surface area contributed by atoms with E-state index in [9.17, 15) is 0 Å². The van der Waals surface area contributed by atoms with E-state index in [-0.39, 0.29) is 17.9 Å². The minimum absolute atomic E-state index is 0. The van der Waals surface area contributed by atoms with Gasteiger partial charge in [-0.05, 0) is 36.7 Å². The molecule has 4 heteroatoms. The largest absolute Gasteiger partial charge is 0.358 e. The quantitative estimate of drug-likeness (QED) is 0.767. The number of fused-ring (bicyclic) bond motifs is 1. The minimum Gasteiger partial charge on any atom is -0.358 e. The van der Waals surface area contributed by atoms with Gasteiger partial charge < -0.3 is 4.90 Å². The zero-order valence-corrected chi connectivity index (χ0v) is 17.1. The maximum atomic E-state index is 5.34. The number of aliphatic imine (C=N–C) groups is 1. The van der Waals surface area contributed by atoms with Gasteiger partial charge in [-0.3, -0.25) is 9.89 Å². The molecule has 1 atom stereocenters. The highest BCUT2D eigenvalue weighted by Gasteiger charge is 2.34. The van der Waals surface area contributed by atoms with Gasteiger partial charge in [-0.1, -0.05) is 68.4 Å². The van der Waals surface area contributed by atoms with E-state index in [0.29, 0.717) is 0 Å². The third kappa shape index (κ3) is 3.94. The molecule has 26 heavy (non-hydrogen) atoms. The second-order valence-electron chi connectivity index (χ2n) is 6.94. The lowest BCUT2D eigenvalue weighted by Gasteiger charge is -2.29. The van der Waals surface area contributed by atoms with Crippen molar-refractivity contribution in [1.82, 2.24) is 9.80 Å². The van der Waals surface area contributed by atoms with Crippen molar-refractivity contribution in [2.45, 2.75) is 32.9 Å². The van der Waals surface area contributed by atoms with Crippen LogP contribution in [0.1, 0.15) is 37.5 Å². The van der Waals surface area contributed by atoms with Crippen molar-refractivity contribution in [2.24, 2.45) is 4.99 Å². The summed E-state index contributed by atoms with van der Waals surface area (Å²) in [5, 5.41) is 0. The molecule has 1 aliphatic rings. The molecule has 1 unspecified atom stereocenters. The Hall–Kier alpha value is -1.84. The van der Waals surface area contributed by atoms with Gasteiger partial charge in [-0.15, -0.1) is 12.4 Å². The van der Waals surface area contributed by atoms with Crippen LogP contribution in [0, 0.1) is 0 Å². The summed E-state index contributed by atoms with van der Waals surface area (Å²) in [5.41, 5.74) is 3.55. The third-order valence-electron chi connectivity index (χ3n) is 5.34. The Morgan fingerprint density at radius 2 is 1.62 bits per heavy atom. The smallest absolute Gasteiger partial charge is 0.115 e. The van der Waals surface area contributed by atoms with Crippen molar-refractivity contribution in [3.05, 3.63) is 71.3 Å². The van der Waals surface area contributed by atoms with Gasteiger partial charge >= 0.3 is 0 Å². The van der Waals surface area contributed by atoms with E-state index in [1.54, 1.807) is 0 Å². The molecule has 0 aliphatic carbocycles. The number of benzene rings is 2. The maximum absolute atomic E-state index is 5.34. The fraction of sp³-hybridized carbons (Fsp3) is 0.409. The summed E-state index contributed by atoms with van der Waals surface area (Å²) in [5.74, 6) is 1.16. The number of nitrogens with zero attached hydrogens (tertiary/aromatic N) is 3. The highest BCUT2D eigenvalue weighted by atomic mass is 35.5. The van der Waals surface area contributed by atoms with Crippen LogP contribution in [0.4, 0.5) is 0 Å². The molecule has 0 spiro atoms. The first-order valence-electron chi connectivity index (χ1n) is 9.24. The molecule has 140 valence electrons. The molecule has 0 bridgehead atoms. The van der Waals surface area contributed by atoms with Gasteiger partial charge in [-0.25, -0.2) is 0 Å². The van der Waals surface area contributed by atoms with Crippen molar-refractivity contribution in [3.8, 4) is 0 Å². The lowest BCUT2D eigenvalue weighted by Crippen LogP contribution is -2.38. The molecule has 0 aromatic heterocycles. The standard InChI is InChI=1S/C22H29N3.ClH/c1-5-25(6-2)17-21-23-22(3,19-13-8-7-9-14-19)20-15-11-10-12-18(20)16-24(21)4;/h7-15H,5-6,16-17H2,1-4H3;1H. The average Bonchev–Trinajstić information content (AvgIpc) is 2.76. The molecule has 2 aromatic carbocycles. The van der Waals surface area contributed by atoms with Gasteiger partial charge in [0.1, 0.15) is 11.4 Å². The van der Waals surface area contributed by atoms with Crippen molar-refractivity contribution in [1.29, 1.82) is 0 Å². The van der Waals surface area contributed by atoms with E-state index >= 15 is 0 Å². The second kappa shape index (κ2) is 8.70. The fourth-order valence-corrected chi connectivity index (χ4v) is 3.67. The molecule has 0 N–H and O–H groups in total. The Labute approximate surface area is 164 Å². The zero-order valence-electron chi connectivity index (χ0n) is 16.3. The summed E-state index contributed by atoms with van der Waals surface area (Å²) in [6.45, 7) is 10.6. The predicted octanol–water partition coefficient (Wildman–Crippen LogP) is 4.56. The third-order valence-corrected chi connectivity index (χ3v) is 5.34. The molecule has 3 nitrogen and oxygen atoms in total. The Morgan fingerprint density at radius 3 is 2.27 bits per heavy atom. The van der Waals surface area contributed by atoms with Gasteiger partial charge in [0.25, 0.3) is 0 Å². The lowest BCUT2D eigenvalue weighted by molar-refractivity contribution is 0.329. The van der Waals surface area contributed by atoms with Crippen molar-refractivity contribution >= 4 is 18.2 Å². The first-order valence-corrected chi connectivity index (χ1v) is 9.24. The fourth-order valence-electron chi connectivity index (χ4n) is 3.67. The van der Waals surface area contributed by atoms with Crippen LogP contribution in [0.5, 0.6) is 0 Å². The number of hydrogen-bond acceptors (Lipinski definition) is 3. The molecule has 0 amide bonds. The number of rotatable bonds is 5. The molecule has 1 aliphatic heterocycles. The van der Waals surface area contributed by atoms with E-state index in [2.05, 4.69) is 92.2 Å². The molecule has 1 heterocycles. The van der Waals surface area contributed by atoms with Crippen LogP contribution in [0.15, 0.2) is 59.6 Å². The molecule has 0 radical (unpaired) electrons. The van der Waals surface area contributed by atoms with E-state index in [1.807, 2.05) is 0 Å². The van der Waals surface area contributed by atoms with Crippen molar-refractivity contribution < 1.29 is 0 Å². The van der Waals surface area contributed by atoms with Crippen LogP contribution in [0.3, 0.4) is 0 Å². The van der Waals surface area contributed by atoms with Crippen LogP contribution >= 0.6 is 12.4 Å². The first-order chi connectivity index (χ1) is 12.1. The maximum Gasteiger partial charge on any atom is 0.115 e. The van der Waals surface area contributed by atoms with Gasteiger partial charge in [0.05, 0.1) is 6.54 Å². The van der Waals surface area contributed by atoms with Crippen molar-refractivity contribution in [2.75, 3.05) is 26.7 Å². The monoisotopic (exact) mass is 371 g/mol. The Morgan fingerprint density at radius 1 is 1.00 bits per heavy atom. The van der Waals surface area contributed by atoms with Crippen LogP contribution in [-0.2, 0) is 12.1 Å². The summed E-state index contributed by atoms with van der Waals surface area (Å²) in [6.07, 6.45) is 0. The number of likely N-dealkylation sites (N-methyl/N-ethyl adjacent to an activating group) is 2. The number of hydrogen-bond donors (Lipinski definition) is 0. The second-order valence-corrected chi connectivity index (χ2v) is 6.94. The van der Waals surface area contributed by atoms with Gasteiger partial charge in [-0.2, -0.15) is 0 Å². The van der Waals surface area contributed by atoms with Gasteiger partial charge in [0, 0.05) is 13.6 Å². The van der Waals surface area contributed by atoms with Gasteiger partial charge in [0.15, 0.2) is 0 Å². The summed E-state index contributed by atoms with van der Waals surface area (Å²) >= 11 is 0. The van der Waals surface area contributed by atoms with Crippen LogP contribution in [-0.4, -0.2) is 42.3 Å². The number of halogens is 1. The highest BCUT2D eigenvalue weighted by molar-refractivity contribution is 5.86. The van der Waals surface area contributed by atoms with E-state index in [1.165, 1.54) is 16.7 Å². The Kier molecular flexibility index (Phi) is 6.85. The molecular formula is C22H30ClN3. The van der Waals surface area contributed by atoms with Crippen LogP contribution in [0.2, 0.25) is 0 Å². The molecule has 0 fully saturated rings. The normalized spacial score (nSPS) is 19.4. The zero-order chi connectivity index (χ0) is 17.9. The van der Waals surface area contributed by atoms with Crippen LogP contribution < -0.4 is 0 Å². The highest BCUT2D eigenvalue weighted by Crippen LogP contribution is 2.38. The molecule has 2 aromatic rings.